The summed E-state index contributed by atoms with van der Waals surface area (Å²) in [5, 5.41) is 0. The van der Waals surface area contributed by atoms with Crippen molar-refractivity contribution < 1.29 is 4.79 Å². The van der Waals surface area contributed by atoms with E-state index in [4.69, 9.17) is 0 Å². The number of amides is 1. The molecule has 26 heavy (non-hydrogen) atoms. The van der Waals surface area contributed by atoms with Crippen molar-refractivity contribution in [3.05, 3.63) is 48.3 Å². The fraction of sp³-hybridized carbons (Fsp3) is 0.450. The smallest absolute Gasteiger partial charge is 0.225 e. The molecule has 0 spiro atoms. The van der Waals surface area contributed by atoms with Crippen LogP contribution < -0.4 is 9.80 Å². The standard InChI is InChI=1S/C20H27N5O/c1-3-23(18-7-4-6-17(2)16-18)11-8-19(26)24-12-14-25(15-13-24)20-21-9-5-10-22-20/h4-7,9-10,16H,3,8,11-15H2,1-2H3. The summed E-state index contributed by atoms with van der Waals surface area (Å²) < 4.78 is 0. The van der Waals surface area contributed by atoms with E-state index in [1.807, 2.05) is 11.0 Å². The average molecular weight is 353 g/mol. The molecule has 0 N–H and O–H groups in total. The molecule has 138 valence electrons. The first-order valence-corrected chi connectivity index (χ1v) is 9.28. The summed E-state index contributed by atoms with van der Waals surface area (Å²) in [6, 6.07) is 10.3. The van der Waals surface area contributed by atoms with E-state index in [0.717, 1.165) is 45.2 Å². The van der Waals surface area contributed by atoms with Gasteiger partial charge in [-0.1, -0.05) is 12.1 Å². The number of piperazine rings is 1. The first kappa shape index (κ1) is 18.2. The molecule has 0 aliphatic carbocycles. The monoisotopic (exact) mass is 353 g/mol. The van der Waals surface area contributed by atoms with Crippen molar-refractivity contribution in [2.24, 2.45) is 0 Å². The number of rotatable bonds is 6. The molecule has 0 unspecified atom stereocenters. The average Bonchev–Trinajstić information content (AvgIpc) is 2.69. The van der Waals surface area contributed by atoms with Crippen LogP contribution in [0.2, 0.25) is 0 Å². The summed E-state index contributed by atoms with van der Waals surface area (Å²) in [5.74, 6) is 0.973. The maximum atomic E-state index is 12.6. The number of carbonyl (C=O) groups is 1. The summed E-state index contributed by atoms with van der Waals surface area (Å²) in [6.07, 6.45) is 4.05. The van der Waals surface area contributed by atoms with E-state index in [1.165, 1.54) is 11.3 Å². The molecule has 1 saturated heterocycles. The van der Waals surface area contributed by atoms with Crippen molar-refractivity contribution in [3.63, 3.8) is 0 Å². The first-order chi connectivity index (χ1) is 12.7. The third-order valence-electron chi connectivity index (χ3n) is 4.81. The highest BCUT2D eigenvalue weighted by atomic mass is 16.2. The lowest BCUT2D eigenvalue weighted by atomic mass is 10.2. The third kappa shape index (κ3) is 4.50. The summed E-state index contributed by atoms with van der Waals surface area (Å²) in [5.41, 5.74) is 2.43. The van der Waals surface area contributed by atoms with E-state index in [2.05, 4.69) is 57.9 Å². The number of aryl methyl sites for hydroxylation is 1. The molecule has 0 radical (unpaired) electrons. The Hall–Kier alpha value is -2.63. The Morgan fingerprint density at radius 1 is 1.12 bits per heavy atom. The van der Waals surface area contributed by atoms with Crippen LogP contribution in [0.1, 0.15) is 18.9 Å². The summed E-state index contributed by atoms with van der Waals surface area (Å²) >= 11 is 0. The lowest BCUT2D eigenvalue weighted by Gasteiger charge is -2.35. The van der Waals surface area contributed by atoms with Crippen molar-refractivity contribution in [3.8, 4) is 0 Å². The van der Waals surface area contributed by atoms with Crippen LogP contribution in [-0.4, -0.2) is 60.0 Å². The molecular formula is C20H27N5O. The van der Waals surface area contributed by atoms with Gasteiger partial charge in [0.25, 0.3) is 0 Å². The lowest BCUT2D eigenvalue weighted by Crippen LogP contribution is -2.49. The van der Waals surface area contributed by atoms with Crippen molar-refractivity contribution >= 4 is 17.5 Å². The normalized spacial score (nSPS) is 14.4. The molecule has 2 heterocycles. The minimum atomic E-state index is 0.227. The quantitative estimate of drug-likeness (QED) is 0.798. The molecular weight excluding hydrogens is 326 g/mol. The highest BCUT2D eigenvalue weighted by Gasteiger charge is 2.22. The maximum Gasteiger partial charge on any atom is 0.225 e. The largest absolute Gasteiger partial charge is 0.371 e. The number of anilines is 2. The Kier molecular flexibility index (Phi) is 6.04. The van der Waals surface area contributed by atoms with Crippen molar-refractivity contribution in [2.45, 2.75) is 20.3 Å². The van der Waals surface area contributed by atoms with Gasteiger partial charge in [-0.2, -0.15) is 0 Å². The predicted molar refractivity (Wildman–Crippen MR) is 105 cm³/mol. The van der Waals surface area contributed by atoms with Gasteiger partial charge in [0.1, 0.15) is 0 Å². The van der Waals surface area contributed by atoms with Gasteiger partial charge in [0.05, 0.1) is 0 Å². The van der Waals surface area contributed by atoms with E-state index in [0.29, 0.717) is 6.42 Å². The summed E-state index contributed by atoms with van der Waals surface area (Å²) in [7, 11) is 0. The minimum Gasteiger partial charge on any atom is -0.371 e. The second-order valence-electron chi connectivity index (χ2n) is 6.59. The molecule has 0 atom stereocenters. The Morgan fingerprint density at radius 2 is 1.85 bits per heavy atom. The fourth-order valence-electron chi connectivity index (χ4n) is 3.29. The lowest BCUT2D eigenvalue weighted by molar-refractivity contribution is -0.131. The van der Waals surface area contributed by atoms with Crippen LogP contribution in [-0.2, 0) is 4.79 Å². The van der Waals surface area contributed by atoms with Crippen LogP contribution in [0.5, 0.6) is 0 Å². The molecule has 1 aromatic heterocycles. The third-order valence-corrected chi connectivity index (χ3v) is 4.81. The molecule has 1 aliphatic heterocycles. The van der Waals surface area contributed by atoms with Crippen molar-refractivity contribution in [2.75, 3.05) is 49.1 Å². The highest BCUT2D eigenvalue weighted by molar-refractivity contribution is 5.77. The van der Waals surface area contributed by atoms with Crippen LogP contribution in [0.15, 0.2) is 42.7 Å². The summed E-state index contributed by atoms with van der Waals surface area (Å²) in [6.45, 7) is 8.90. The van der Waals surface area contributed by atoms with Crippen LogP contribution in [0.4, 0.5) is 11.6 Å². The van der Waals surface area contributed by atoms with E-state index in [9.17, 15) is 4.79 Å². The van der Waals surface area contributed by atoms with Crippen molar-refractivity contribution in [1.82, 2.24) is 14.9 Å². The summed E-state index contributed by atoms with van der Waals surface area (Å²) in [4.78, 5) is 27.5. The molecule has 2 aromatic rings. The zero-order chi connectivity index (χ0) is 18.4. The van der Waals surface area contributed by atoms with Crippen molar-refractivity contribution in [1.29, 1.82) is 0 Å². The highest BCUT2D eigenvalue weighted by Crippen LogP contribution is 2.17. The molecule has 3 rings (SSSR count). The van der Waals surface area contributed by atoms with Gasteiger partial charge in [-0.3, -0.25) is 4.79 Å². The molecule has 1 fully saturated rings. The molecule has 1 aromatic carbocycles. The van der Waals surface area contributed by atoms with Gasteiger partial charge < -0.3 is 14.7 Å². The topological polar surface area (TPSA) is 52.6 Å². The second-order valence-corrected chi connectivity index (χ2v) is 6.59. The zero-order valence-electron chi connectivity index (χ0n) is 15.6. The number of hydrogen-bond acceptors (Lipinski definition) is 5. The molecule has 1 amide bonds. The SMILES string of the molecule is CCN(CCC(=O)N1CCN(c2ncccn2)CC1)c1cccc(C)c1. The van der Waals surface area contributed by atoms with Gasteiger partial charge in [-0.05, 0) is 37.6 Å². The minimum absolute atomic E-state index is 0.227. The van der Waals surface area contributed by atoms with E-state index < -0.39 is 0 Å². The molecule has 0 saturated carbocycles. The van der Waals surface area contributed by atoms with Gasteiger partial charge in [0.15, 0.2) is 0 Å². The van der Waals surface area contributed by atoms with Crippen LogP contribution in [0.3, 0.4) is 0 Å². The number of nitrogens with zero attached hydrogens (tertiary/aromatic N) is 5. The second kappa shape index (κ2) is 8.65. The molecule has 1 aliphatic rings. The Labute approximate surface area is 155 Å². The first-order valence-electron chi connectivity index (χ1n) is 9.28. The van der Waals surface area contributed by atoms with Crippen LogP contribution in [0, 0.1) is 6.92 Å². The van der Waals surface area contributed by atoms with Gasteiger partial charge in [-0.25, -0.2) is 9.97 Å². The molecule has 0 bridgehead atoms. The Morgan fingerprint density at radius 3 is 2.50 bits per heavy atom. The Bertz CT molecular complexity index is 713. The molecule has 6 heteroatoms. The number of aromatic nitrogens is 2. The number of benzene rings is 1. The van der Waals surface area contributed by atoms with E-state index in [-0.39, 0.29) is 5.91 Å². The zero-order valence-corrected chi connectivity index (χ0v) is 15.6. The Balaban J connectivity index is 1.49. The van der Waals surface area contributed by atoms with Gasteiger partial charge >= 0.3 is 0 Å². The number of carbonyl (C=O) groups excluding carboxylic acids is 1. The van der Waals surface area contributed by atoms with E-state index >= 15 is 0 Å². The maximum absolute atomic E-state index is 12.6. The van der Waals surface area contributed by atoms with Crippen LogP contribution in [0.25, 0.3) is 0 Å². The molecule has 6 nitrogen and oxygen atoms in total. The van der Waals surface area contributed by atoms with Gasteiger partial charge in [-0.15, -0.1) is 0 Å². The van der Waals surface area contributed by atoms with Crippen LogP contribution >= 0.6 is 0 Å². The number of hydrogen-bond donors (Lipinski definition) is 0. The predicted octanol–water partition coefficient (Wildman–Crippen LogP) is 2.35. The van der Waals surface area contributed by atoms with Gasteiger partial charge in [0, 0.05) is 63.8 Å². The van der Waals surface area contributed by atoms with E-state index in [1.54, 1.807) is 12.4 Å². The van der Waals surface area contributed by atoms with Gasteiger partial charge in [0.2, 0.25) is 11.9 Å². The fourth-order valence-corrected chi connectivity index (χ4v) is 3.29.